The van der Waals surface area contributed by atoms with E-state index in [1.165, 1.54) is 11.4 Å². The van der Waals surface area contributed by atoms with E-state index in [1.807, 2.05) is 19.1 Å². The highest BCUT2D eigenvalue weighted by atomic mass is 79.9. The molecular formula is C15H26BrClN2O2+2. The molecule has 0 atom stereocenters. The molecule has 0 saturated heterocycles. The second-order valence-corrected chi connectivity index (χ2v) is 6.60. The third kappa shape index (κ3) is 8.02. The third-order valence-electron chi connectivity index (χ3n) is 2.93. The second-order valence-electron chi connectivity index (χ2n) is 5.34. The number of aryl methyl sites for hydroxylation is 1. The van der Waals surface area contributed by atoms with Crippen LogP contribution < -0.4 is 15.0 Å². The van der Waals surface area contributed by atoms with Crippen molar-refractivity contribution in [1.29, 1.82) is 0 Å². The lowest BCUT2D eigenvalue weighted by molar-refractivity contribution is -0.874. The lowest BCUT2D eigenvalue weighted by atomic mass is 10.2. The number of benzene rings is 1. The van der Waals surface area contributed by atoms with Crippen LogP contribution in [0.25, 0.3) is 0 Å². The largest absolute Gasteiger partial charge is 0.488 e. The predicted octanol–water partition coefficient (Wildman–Crippen LogP) is 0.514. The highest BCUT2D eigenvalue weighted by Crippen LogP contribution is 2.34. The second kappa shape index (κ2) is 10.4. The Morgan fingerprint density at radius 3 is 2.62 bits per heavy atom. The van der Waals surface area contributed by atoms with Crippen LogP contribution in [0.2, 0.25) is 5.02 Å². The van der Waals surface area contributed by atoms with Gasteiger partial charge in [0.1, 0.15) is 19.7 Å². The van der Waals surface area contributed by atoms with Crippen molar-refractivity contribution in [2.45, 2.75) is 6.92 Å². The molecule has 0 amide bonds. The number of hydrogen-bond donors (Lipinski definition) is 2. The number of rotatable bonds is 10. The van der Waals surface area contributed by atoms with E-state index < -0.39 is 0 Å². The quantitative estimate of drug-likeness (QED) is 0.580. The minimum absolute atomic E-state index is 0.503. The summed E-state index contributed by atoms with van der Waals surface area (Å²) in [5.41, 5.74) is 1.10. The van der Waals surface area contributed by atoms with Crippen molar-refractivity contribution in [3.8, 4) is 5.75 Å². The molecule has 3 N–H and O–H groups in total. The summed E-state index contributed by atoms with van der Waals surface area (Å²) in [5, 5.41) is 2.91. The lowest BCUT2D eigenvalue weighted by Crippen LogP contribution is -3.09. The average Bonchev–Trinajstić information content (AvgIpc) is 2.38. The summed E-state index contributed by atoms with van der Waals surface area (Å²) in [7, 11) is 4.33. The number of quaternary nitrogens is 2. The van der Waals surface area contributed by atoms with Crippen LogP contribution >= 0.6 is 27.5 Å². The average molecular weight is 382 g/mol. The van der Waals surface area contributed by atoms with Crippen LogP contribution in [0.5, 0.6) is 5.75 Å². The highest BCUT2D eigenvalue weighted by Gasteiger charge is 2.07. The Morgan fingerprint density at radius 1 is 1.19 bits per heavy atom. The molecule has 0 aliphatic carbocycles. The van der Waals surface area contributed by atoms with Crippen LogP contribution in [0, 0.1) is 6.92 Å². The molecule has 0 spiro atoms. The van der Waals surface area contributed by atoms with Crippen LogP contribution in [0.3, 0.4) is 0 Å². The topological polar surface area (TPSA) is 39.5 Å². The highest BCUT2D eigenvalue weighted by molar-refractivity contribution is 9.10. The molecule has 1 rings (SSSR count). The molecule has 0 fully saturated rings. The van der Waals surface area contributed by atoms with E-state index in [-0.39, 0.29) is 0 Å². The van der Waals surface area contributed by atoms with Crippen molar-refractivity contribution < 1.29 is 19.7 Å². The molecule has 1 aromatic rings. The first kappa shape index (κ1) is 18.7. The molecular weight excluding hydrogens is 356 g/mol. The molecule has 21 heavy (non-hydrogen) atoms. The van der Waals surface area contributed by atoms with Gasteiger partial charge >= 0.3 is 0 Å². The Hall–Kier alpha value is -0.330. The standard InChI is InChI=1S/C15H24BrClN2O2/c1-12-10-13(16)15(14(17)11-12)21-9-8-20-7-5-18-4-6-19(2)3/h10-11,18H,4-9H2,1-3H3/p+2. The van der Waals surface area contributed by atoms with E-state index in [2.05, 4.69) is 35.3 Å². The van der Waals surface area contributed by atoms with Gasteiger partial charge in [-0.05, 0) is 40.5 Å². The zero-order valence-corrected chi connectivity index (χ0v) is 15.4. The fourth-order valence-corrected chi connectivity index (χ4v) is 2.96. The maximum absolute atomic E-state index is 6.15. The Balaban J connectivity index is 2.10. The minimum Gasteiger partial charge on any atom is -0.488 e. The van der Waals surface area contributed by atoms with Gasteiger partial charge in [-0.1, -0.05) is 11.6 Å². The molecule has 0 radical (unpaired) electrons. The van der Waals surface area contributed by atoms with Gasteiger partial charge in [-0.15, -0.1) is 0 Å². The zero-order valence-electron chi connectivity index (χ0n) is 13.0. The molecule has 4 nitrogen and oxygen atoms in total. The van der Waals surface area contributed by atoms with Gasteiger partial charge in [-0.2, -0.15) is 0 Å². The van der Waals surface area contributed by atoms with Gasteiger partial charge in [0.2, 0.25) is 0 Å². The van der Waals surface area contributed by atoms with Gasteiger partial charge < -0.3 is 19.7 Å². The first-order valence-electron chi connectivity index (χ1n) is 7.27. The van der Waals surface area contributed by atoms with Gasteiger partial charge in [0, 0.05) is 0 Å². The number of likely N-dealkylation sites (N-methyl/N-ethyl adjacent to an activating group) is 1. The lowest BCUT2D eigenvalue weighted by Gasteiger charge is -2.11. The number of halogens is 2. The Morgan fingerprint density at radius 2 is 1.95 bits per heavy atom. The summed E-state index contributed by atoms with van der Waals surface area (Å²) in [6.07, 6.45) is 0. The maximum Gasteiger partial charge on any atom is 0.152 e. The molecule has 0 bridgehead atoms. The summed E-state index contributed by atoms with van der Waals surface area (Å²) in [4.78, 5) is 1.47. The van der Waals surface area contributed by atoms with E-state index in [0.29, 0.717) is 24.0 Å². The van der Waals surface area contributed by atoms with Crippen molar-refractivity contribution in [3.05, 3.63) is 27.2 Å². The SMILES string of the molecule is Cc1cc(Cl)c(OCCOCC[NH2+]CC[NH+](C)C)c(Br)c1. The van der Waals surface area contributed by atoms with Crippen molar-refractivity contribution in [3.63, 3.8) is 0 Å². The fourth-order valence-electron chi connectivity index (χ4n) is 1.83. The molecule has 0 heterocycles. The number of nitrogens with two attached hydrogens (primary N) is 1. The van der Waals surface area contributed by atoms with Gasteiger partial charge in [-0.3, -0.25) is 0 Å². The van der Waals surface area contributed by atoms with E-state index >= 15 is 0 Å². The molecule has 0 aromatic heterocycles. The molecule has 0 aliphatic heterocycles. The summed E-state index contributed by atoms with van der Waals surface area (Å²) in [5.74, 6) is 0.686. The van der Waals surface area contributed by atoms with E-state index in [0.717, 1.165) is 29.7 Å². The molecule has 1 aromatic carbocycles. The number of ether oxygens (including phenoxy) is 2. The van der Waals surface area contributed by atoms with Crippen LogP contribution in [0.15, 0.2) is 16.6 Å². The minimum atomic E-state index is 0.503. The van der Waals surface area contributed by atoms with Crippen LogP contribution in [0.4, 0.5) is 0 Å². The smallest absolute Gasteiger partial charge is 0.152 e. The van der Waals surface area contributed by atoms with Crippen molar-refractivity contribution >= 4 is 27.5 Å². The molecule has 0 unspecified atom stereocenters. The Kier molecular flexibility index (Phi) is 9.27. The molecule has 120 valence electrons. The van der Waals surface area contributed by atoms with Gasteiger partial charge in [0.05, 0.1) is 43.3 Å². The van der Waals surface area contributed by atoms with E-state index in [1.54, 1.807) is 0 Å². The molecule has 0 saturated carbocycles. The first-order valence-corrected chi connectivity index (χ1v) is 8.44. The summed E-state index contributed by atoms with van der Waals surface area (Å²) >= 11 is 9.62. The van der Waals surface area contributed by atoms with E-state index in [4.69, 9.17) is 21.1 Å². The monoisotopic (exact) mass is 380 g/mol. The summed E-state index contributed by atoms with van der Waals surface area (Å²) in [6.45, 7) is 7.11. The van der Waals surface area contributed by atoms with Crippen molar-refractivity contribution in [2.24, 2.45) is 0 Å². The third-order valence-corrected chi connectivity index (χ3v) is 3.80. The van der Waals surface area contributed by atoms with Crippen LogP contribution in [-0.2, 0) is 4.74 Å². The van der Waals surface area contributed by atoms with Gasteiger partial charge in [0.15, 0.2) is 5.75 Å². The normalized spacial score (nSPS) is 11.1. The number of nitrogens with one attached hydrogen (secondary N) is 1. The summed E-state index contributed by atoms with van der Waals surface area (Å²) < 4.78 is 12.1. The van der Waals surface area contributed by atoms with Crippen molar-refractivity contribution in [2.75, 3.05) is 53.6 Å². The Labute approximate surface area is 140 Å². The predicted molar refractivity (Wildman–Crippen MR) is 89.5 cm³/mol. The summed E-state index contributed by atoms with van der Waals surface area (Å²) in [6, 6.07) is 3.88. The Bertz CT molecular complexity index is 407. The molecule has 0 aliphatic rings. The number of hydrogen-bond acceptors (Lipinski definition) is 2. The fraction of sp³-hybridized carbons (Fsp3) is 0.600. The van der Waals surface area contributed by atoms with Crippen LogP contribution in [0.1, 0.15) is 5.56 Å². The molecule has 6 heteroatoms. The van der Waals surface area contributed by atoms with Gasteiger partial charge in [-0.25, -0.2) is 0 Å². The van der Waals surface area contributed by atoms with Gasteiger partial charge in [0.25, 0.3) is 0 Å². The zero-order chi connectivity index (χ0) is 15.7. The first-order chi connectivity index (χ1) is 10.0. The van der Waals surface area contributed by atoms with Crippen molar-refractivity contribution in [1.82, 2.24) is 0 Å². The maximum atomic E-state index is 6.15. The van der Waals surface area contributed by atoms with E-state index in [9.17, 15) is 0 Å². The van der Waals surface area contributed by atoms with Crippen LogP contribution in [-0.4, -0.2) is 53.6 Å².